The number of anilines is 1. The van der Waals surface area contributed by atoms with Crippen molar-refractivity contribution in [3.8, 4) is 0 Å². The fourth-order valence-electron chi connectivity index (χ4n) is 4.16. The summed E-state index contributed by atoms with van der Waals surface area (Å²) in [4.78, 5) is 29.2. The predicted octanol–water partition coefficient (Wildman–Crippen LogP) is 3.43. The number of aryl methyl sites for hydroxylation is 2. The van der Waals surface area contributed by atoms with Gasteiger partial charge in [-0.3, -0.25) is 4.79 Å². The van der Waals surface area contributed by atoms with E-state index in [1.807, 2.05) is 0 Å². The topological polar surface area (TPSA) is 118 Å². The largest absolute Gasteiger partial charge is 0.480 e. The van der Waals surface area contributed by atoms with Crippen LogP contribution in [0.4, 0.5) is 5.82 Å². The number of carbonyl (C=O) groups is 2. The van der Waals surface area contributed by atoms with Gasteiger partial charge in [-0.2, -0.15) is 5.10 Å². The lowest BCUT2D eigenvalue weighted by Crippen LogP contribution is -2.48. The molecule has 0 bridgehead atoms. The highest BCUT2D eigenvalue weighted by atomic mass is 35.5. The molecule has 0 spiro atoms. The van der Waals surface area contributed by atoms with E-state index in [9.17, 15) is 14.7 Å². The molecule has 2 aromatic rings. The van der Waals surface area contributed by atoms with Crippen LogP contribution in [0.25, 0.3) is 0 Å². The van der Waals surface area contributed by atoms with Crippen LogP contribution in [0, 0.1) is 0 Å². The van der Waals surface area contributed by atoms with Gasteiger partial charge < -0.3 is 20.5 Å². The summed E-state index contributed by atoms with van der Waals surface area (Å²) in [6.45, 7) is 1.73. The van der Waals surface area contributed by atoms with Gasteiger partial charge in [-0.15, -0.1) is 0 Å². The minimum absolute atomic E-state index is 0.169. The van der Waals surface area contributed by atoms with Crippen molar-refractivity contribution in [3.05, 3.63) is 39.8 Å². The summed E-state index contributed by atoms with van der Waals surface area (Å²) in [6, 6.07) is 4.64. The molecule has 4 rings (SSSR count). The molecule has 11 heteroatoms. The van der Waals surface area contributed by atoms with Gasteiger partial charge in [0, 0.05) is 37.9 Å². The Morgan fingerprint density at radius 2 is 2.09 bits per heavy atom. The minimum atomic E-state index is -1.11. The van der Waals surface area contributed by atoms with E-state index >= 15 is 0 Å². The van der Waals surface area contributed by atoms with Crippen LogP contribution in [0.15, 0.2) is 18.2 Å². The van der Waals surface area contributed by atoms with Crippen LogP contribution in [0.3, 0.4) is 0 Å². The highest BCUT2D eigenvalue weighted by Gasteiger charge is 2.54. The van der Waals surface area contributed by atoms with Crippen LogP contribution in [0.1, 0.15) is 49.8 Å². The first-order valence-corrected chi connectivity index (χ1v) is 12.4. The number of nitrogens with one attached hydrogen (secondary N) is 2. The summed E-state index contributed by atoms with van der Waals surface area (Å²) in [7, 11) is 0. The summed E-state index contributed by atoms with van der Waals surface area (Å²) in [5.41, 5.74) is 1.37. The van der Waals surface area contributed by atoms with Gasteiger partial charge in [-0.1, -0.05) is 29.3 Å². The maximum Gasteiger partial charge on any atom is 0.326 e. The molecule has 0 radical (unpaired) electrons. The van der Waals surface area contributed by atoms with E-state index in [0.29, 0.717) is 19.4 Å². The molecule has 3 heterocycles. The zero-order chi connectivity index (χ0) is 24.1. The molecule has 1 aliphatic heterocycles. The number of amides is 1. The Hall–Kier alpha value is -2.36. The molecule has 1 aliphatic carbocycles. The smallest absolute Gasteiger partial charge is 0.326 e. The Bertz CT molecular complexity index is 1040. The van der Waals surface area contributed by atoms with Crippen LogP contribution in [-0.2, 0) is 32.7 Å². The normalized spacial score (nSPS) is 16.9. The van der Waals surface area contributed by atoms with Crippen molar-refractivity contribution in [2.24, 2.45) is 0 Å². The number of pyridine rings is 1. The van der Waals surface area contributed by atoms with Crippen molar-refractivity contribution in [1.29, 1.82) is 0 Å². The molecule has 9 nitrogen and oxygen atoms in total. The lowest BCUT2D eigenvalue weighted by atomic mass is 10.1. The summed E-state index contributed by atoms with van der Waals surface area (Å²) >= 11 is 12.0. The highest BCUT2D eigenvalue weighted by Crippen LogP contribution is 2.45. The third-order valence-electron chi connectivity index (χ3n) is 6.27. The standard InChI is InChI=1S/C23H29Cl2N5O4/c24-18-14-19(25)30(29-18)23(9-10-23)22(33)28-17(21(31)32)8-13-34-12-2-1-5-16-7-6-15-4-3-11-26-20(15)27-16/h6-7,14,17H,1-5,8-13H2,(H,26,27)(H,28,33)(H,31,32)/t17-/m0/s1. The molecule has 3 N–H and O–H groups in total. The van der Waals surface area contributed by atoms with E-state index in [1.54, 1.807) is 0 Å². The van der Waals surface area contributed by atoms with Gasteiger partial charge in [0.1, 0.15) is 22.6 Å². The number of ether oxygens (including phenoxy) is 1. The number of rotatable bonds is 12. The lowest BCUT2D eigenvalue weighted by molar-refractivity contribution is -0.143. The van der Waals surface area contributed by atoms with E-state index in [0.717, 1.165) is 50.2 Å². The van der Waals surface area contributed by atoms with Crippen molar-refractivity contribution in [2.45, 2.75) is 62.9 Å². The highest BCUT2D eigenvalue weighted by molar-refractivity contribution is 6.33. The number of unbranched alkanes of at least 4 members (excludes halogenated alkanes) is 1. The maximum atomic E-state index is 12.8. The third-order valence-corrected chi connectivity index (χ3v) is 6.72. The first-order chi connectivity index (χ1) is 16.4. The Morgan fingerprint density at radius 3 is 2.79 bits per heavy atom. The molecule has 1 amide bonds. The number of nitrogens with zero attached hydrogens (tertiary/aromatic N) is 3. The average Bonchev–Trinajstić information content (AvgIpc) is 3.55. The van der Waals surface area contributed by atoms with Gasteiger partial charge in [-0.25, -0.2) is 14.5 Å². The van der Waals surface area contributed by atoms with Crippen molar-refractivity contribution >= 4 is 40.9 Å². The number of halogens is 2. The predicted molar refractivity (Wildman–Crippen MR) is 128 cm³/mol. The molecule has 1 atom stereocenters. The number of carbonyl (C=O) groups excluding carboxylic acids is 1. The molecule has 1 fully saturated rings. The van der Waals surface area contributed by atoms with Crippen molar-refractivity contribution in [2.75, 3.05) is 25.1 Å². The number of aliphatic carboxylic acids is 1. The second kappa shape index (κ2) is 10.9. The molecule has 2 aliphatic rings. The van der Waals surface area contributed by atoms with E-state index < -0.39 is 23.5 Å². The fraction of sp³-hybridized carbons (Fsp3) is 0.565. The molecule has 34 heavy (non-hydrogen) atoms. The SMILES string of the molecule is O=C(O)[C@H](CCOCCCCc1ccc2c(n1)NCCC2)NC(=O)C1(n2nc(Cl)cc2Cl)CC1. The number of hydrogen-bond acceptors (Lipinski definition) is 6. The first-order valence-electron chi connectivity index (χ1n) is 11.6. The van der Waals surface area contributed by atoms with Gasteiger partial charge in [0.15, 0.2) is 5.15 Å². The van der Waals surface area contributed by atoms with Crippen LogP contribution in [0.2, 0.25) is 10.3 Å². The first kappa shape index (κ1) is 24.8. The second-order valence-electron chi connectivity index (χ2n) is 8.80. The summed E-state index contributed by atoms with van der Waals surface area (Å²) < 4.78 is 7.00. The maximum absolute atomic E-state index is 12.8. The lowest BCUT2D eigenvalue weighted by Gasteiger charge is -2.20. The van der Waals surface area contributed by atoms with Gasteiger partial charge in [-0.05, 0) is 56.6 Å². The number of aromatic nitrogens is 3. The third kappa shape index (κ3) is 5.82. The monoisotopic (exact) mass is 509 g/mol. The summed E-state index contributed by atoms with van der Waals surface area (Å²) in [6.07, 6.45) is 6.08. The van der Waals surface area contributed by atoms with E-state index in [-0.39, 0.29) is 23.3 Å². The number of hydrogen-bond donors (Lipinski definition) is 3. The Balaban J connectivity index is 1.16. The van der Waals surface area contributed by atoms with Gasteiger partial charge in [0.25, 0.3) is 0 Å². The summed E-state index contributed by atoms with van der Waals surface area (Å²) in [5.74, 6) is -0.522. The van der Waals surface area contributed by atoms with Crippen molar-refractivity contribution in [3.63, 3.8) is 0 Å². The minimum Gasteiger partial charge on any atom is -0.480 e. The number of carboxylic acids is 1. The van der Waals surface area contributed by atoms with Crippen LogP contribution in [0.5, 0.6) is 0 Å². The molecule has 1 saturated carbocycles. The van der Waals surface area contributed by atoms with E-state index in [1.165, 1.54) is 16.3 Å². The van der Waals surface area contributed by atoms with Crippen LogP contribution >= 0.6 is 23.2 Å². The number of carboxylic acid groups (broad SMARTS) is 1. The Morgan fingerprint density at radius 1 is 1.26 bits per heavy atom. The molecule has 0 unspecified atom stereocenters. The van der Waals surface area contributed by atoms with Crippen molar-refractivity contribution in [1.82, 2.24) is 20.1 Å². The average molecular weight is 510 g/mol. The van der Waals surface area contributed by atoms with Crippen LogP contribution in [-0.4, -0.2) is 57.5 Å². The van der Waals surface area contributed by atoms with Gasteiger partial charge >= 0.3 is 5.97 Å². The molecule has 0 aromatic carbocycles. The molecule has 184 valence electrons. The molecular weight excluding hydrogens is 481 g/mol. The fourth-order valence-corrected chi connectivity index (χ4v) is 4.69. The van der Waals surface area contributed by atoms with Crippen LogP contribution < -0.4 is 10.6 Å². The Kier molecular flexibility index (Phi) is 7.95. The van der Waals surface area contributed by atoms with Crippen molar-refractivity contribution < 1.29 is 19.4 Å². The zero-order valence-electron chi connectivity index (χ0n) is 18.9. The van der Waals surface area contributed by atoms with Gasteiger partial charge in [0.2, 0.25) is 5.91 Å². The van der Waals surface area contributed by atoms with Gasteiger partial charge in [0.05, 0.1) is 0 Å². The zero-order valence-corrected chi connectivity index (χ0v) is 20.4. The quantitative estimate of drug-likeness (QED) is 0.375. The summed E-state index contributed by atoms with van der Waals surface area (Å²) in [5, 5.41) is 20.0. The number of fused-ring (bicyclic) bond motifs is 1. The van der Waals surface area contributed by atoms with E-state index in [2.05, 4.69) is 27.9 Å². The second-order valence-corrected chi connectivity index (χ2v) is 9.57. The molecular formula is C23H29Cl2N5O4. The van der Waals surface area contributed by atoms with E-state index in [4.69, 9.17) is 32.9 Å². The molecule has 2 aromatic heterocycles. The Labute approximate surface area is 208 Å². The molecule has 0 saturated heterocycles.